The number of nitrogens with one attached hydrogen (secondary N) is 1. The lowest BCUT2D eigenvalue weighted by Gasteiger charge is -2.15. The fourth-order valence-electron chi connectivity index (χ4n) is 2.26. The summed E-state index contributed by atoms with van der Waals surface area (Å²) in [5.74, 6) is 0.903. The van der Waals surface area contributed by atoms with Gasteiger partial charge in [-0.15, -0.1) is 5.10 Å². The van der Waals surface area contributed by atoms with Crippen molar-refractivity contribution in [3.63, 3.8) is 0 Å². The van der Waals surface area contributed by atoms with Crippen LogP contribution >= 0.6 is 0 Å². The molecule has 1 aromatic rings. The topological polar surface area (TPSA) is 41.1 Å². The molecule has 1 saturated heterocycles. The second-order valence-electron chi connectivity index (χ2n) is 4.46. The van der Waals surface area contributed by atoms with E-state index in [0.717, 1.165) is 11.9 Å². The van der Waals surface area contributed by atoms with E-state index in [1.54, 1.807) is 6.20 Å². The van der Waals surface area contributed by atoms with Gasteiger partial charge in [-0.25, -0.2) is 0 Å². The van der Waals surface area contributed by atoms with Gasteiger partial charge in [0.05, 0.1) is 0 Å². The molecule has 1 saturated carbocycles. The molecule has 2 heterocycles. The van der Waals surface area contributed by atoms with Crippen molar-refractivity contribution in [3.05, 3.63) is 18.3 Å². The van der Waals surface area contributed by atoms with Crippen molar-refractivity contribution in [2.24, 2.45) is 0 Å². The molecule has 3 rings (SSSR count). The zero-order valence-corrected chi connectivity index (χ0v) is 8.76. The Morgan fingerprint density at radius 1 is 1.33 bits per heavy atom. The minimum absolute atomic E-state index is 0.558. The van der Waals surface area contributed by atoms with Crippen LogP contribution in [-0.2, 0) is 0 Å². The van der Waals surface area contributed by atoms with Crippen molar-refractivity contribution in [2.75, 3.05) is 18.4 Å². The zero-order chi connectivity index (χ0) is 10.1. The Hall–Kier alpha value is -1.16. The molecule has 0 bridgehead atoms. The van der Waals surface area contributed by atoms with Crippen LogP contribution < -0.4 is 5.32 Å². The largest absolute Gasteiger partial charge is 0.365 e. The van der Waals surface area contributed by atoms with E-state index in [9.17, 15) is 0 Å². The Balaban J connectivity index is 1.56. The third kappa shape index (κ3) is 2.09. The van der Waals surface area contributed by atoms with E-state index >= 15 is 0 Å². The number of nitrogens with zero attached hydrogens (tertiary/aromatic N) is 3. The molecule has 80 valence electrons. The van der Waals surface area contributed by atoms with E-state index < -0.39 is 0 Å². The van der Waals surface area contributed by atoms with Crippen LogP contribution in [0, 0.1) is 0 Å². The van der Waals surface area contributed by atoms with E-state index in [0.29, 0.717) is 6.04 Å². The Morgan fingerprint density at radius 2 is 2.27 bits per heavy atom. The van der Waals surface area contributed by atoms with Crippen molar-refractivity contribution >= 4 is 5.82 Å². The van der Waals surface area contributed by atoms with E-state index in [1.807, 2.05) is 12.1 Å². The van der Waals surface area contributed by atoms with Gasteiger partial charge in [-0.05, 0) is 31.4 Å². The molecule has 0 aromatic carbocycles. The Labute approximate surface area is 89.7 Å². The van der Waals surface area contributed by atoms with Crippen molar-refractivity contribution in [3.8, 4) is 0 Å². The van der Waals surface area contributed by atoms with E-state index in [2.05, 4.69) is 20.4 Å². The number of hydrogen-bond donors (Lipinski definition) is 1. The van der Waals surface area contributed by atoms with Gasteiger partial charge in [0, 0.05) is 31.4 Å². The van der Waals surface area contributed by atoms with Gasteiger partial charge < -0.3 is 5.32 Å². The summed E-state index contributed by atoms with van der Waals surface area (Å²) in [6, 6.07) is 5.34. The van der Waals surface area contributed by atoms with Gasteiger partial charge in [0.1, 0.15) is 5.82 Å². The van der Waals surface area contributed by atoms with Gasteiger partial charge in [0.15, 0.2) is 0 Å². The summed E-state index contributed by atoms with van der Waals surface area (Å²) in [7, 11) is 0. The molecule has 1 aliphatic heterocycles. The highest BCUT2D eigenvalue weighted by Gasteiger charge is 2.34. The molecule has 15 heavy (non-hydrogen) atoms. The lowest BCUT2D eigenvalue weighted by Crippen LogP contribution is -2.28. The summed E-state index contributed by atoms with van der Waals surface area (Å²) in [6.45, 7) is 2.41. The maximum absolute atomic E-state index is 4.05. The van der Waals surface area contributed by atoms with Crippen molar-refractivity contribution in [2.45, 2.75) is 31.3 Å². The second kappa shape index (κ2) is 3.77. The van der Waals surface area contributed by atoms with Crippen LogP contribution in [0.4, 0.5) is 5.82 Å². The standard InChI is InChI=1S/C11H16N4/c1-2-11(14-12-6-1)13-9-5-7-15(8-9)10-3-4-10/h1-2,6,9-10H,3-5,7-8H2,(H,13,14). The summed E-state index contributed by atoms with van der Waals surface area (Å²) in [5, 5.41) is 11.4. The van der Waals surface area contributed by atoms with E-state index in [-0.39, 0.29) is 0 Å². The molecule has 0 amide bonds. The first-order chi connectivity index (χ1) is 7.42. The highest BCUT2D eigenvalue weighted by atomic mass is 15.2. The first-order valence-electron chi connectivity index (χ1n) is 5.70. The normalized spacial score (nSPS) is 26.8. The molecule has 1 unspecified atom stereocenters. The molecule has 2 aliphatic rings. The average molecular weight is 204 g/mol. The maximum atomic E-state index is 4.05. The molecule has 4 heteroatoms. The molecule has 0 radical (unpaired) electrons. The fourth-order valence-corrected chi connectivity index (χ4v) is 2.26. The van der Waals surface area contributed by atoms with Crippen LogP contribution in [0.15, 0.2) is 18.3 Å². The Morgan fingerprint density at radius 3 is 3.00 bits per heavy atom. The summed E-state index contributed by atoms with van der Waals surface area (Å²) in [5.41, 5.74) is 0. The SMILES string of the molecule is c1cnnc(NC2CCN(C3CC3)C2)c1. The summed E-state index contributed by atoms with van der Waals surface area (Å²) in [6.07, 6.45) is 5.74. The van der Waals surface area contributed by atoms with Gasteiger partial charge in [0.25, 0.3) is 0 Å². The third-order valence-corrected chi connectivity index (χ3v) is 3.21. The van der Waals surface area contributed by atoms with Gasteiger partial charge in [-0.3, -0.25) is 4.90 Å². The molecule has 1 aliphatic carbocycles. The molecule has 1 atom stereocenters. The second-order valence-corrected chi connectivity index (χ2v) is 4.46. The predicted octanol–water partition coefficient (Wildman–Crippen LogP) is 1.13. The quantitative estimate of drug-likeness (QED) is 0.801. The highest BCUT2D eigenvalue weighted by Crippen LogP contribution is 2.30. The van der Waals surface area contributed by atoms with Crippen molar-refractivity contribution in [1.82, 2.24) is 15.1 Å². The molecule has 1 N–H and O–H groups in total. The highest BCUT2D eigenvalue weighted by molar-refractivity contribution is 5.33. The van der Waals surface area contributed by atoms with E-state index in [4.69, 9.17) is 0 Å². The number of rotatable bonds is 3. The van der Waals surface area contributed by atoms with Crippen LogP contribution in [0.25, 0.3) is 0 Å². The van der Waals surface area contributed by atoms with Crippen molar-refractivity contribution < 1.29 is 0 Å². The first kappa shape index (κ1) is 9.09. The fraction of sp³-hybridized carbons (Fsp3) is 0.636. The maximum Gasteiger partial charge on any atom is 0.148 e. The summed E-state index contributed by atoms with van der Waals surface area (Å²) in [4.78, 5) is 2.59. The number of anilines is 1. The Bertz CT molecular complexity index is 323. The molecular weight excluding hydrogens is 188 g/mol. The number of hydrogen-bond acceptors (Lipinski definition) is 4. The van der Waals surface area contributed by atoms with Crippen LogP contribution in [0.1, 0.15) is 19.3 Å². The van der Waals surface area contributed by atoms with Gasteiger partial charge >= 0.3 is 0 Å². The molecule has 2 fully saturated rings. The lowest BCUT2D eigenvalue weighted by atomic mass is 10.2. The summed E-state index contributed by atoms with van der Waals surface area (Å²) < 4.78 is 0. The minimum Gasteiger partial charge on any atom is -0.365 e. The van der Waals surface area contributed by atoms with Gasteiger partial charge in [-0.2, -0.15) is 5.10 Å². The van der Waals surface area contributed by atoms with Gasteiger partial charge in [-0.1, -0.05) is 0 Å². The first-order valence-corrected chi connectivity index (χ1v) is 5.70. The van der Waals surface area contributed by atoms with Crippen LogP contribution in [0.3, 0.4) is 0 Å². The van der Waals surface area contributed by atoms with Crippen LogP contribution in [0.2, 0.25) is 0 Å². The van der Waals surface area contributed by atoms with Gasteiger partial charge in [0.2, 0.25) is 0 Å². The minimum atomic E-state index is 0.558. The number of likely N-dealkylation sites (tertiary alicyclic amines) is 1. The number of aromatic nitrogens is 2. The summed E-state index contributed by atoms with van der Waals surface area (Å²) >= 11 is 0. The smallest absolute Gasteiger partial charge is 0.148 e. The average Bonchev–Trinajstić information content (AvgIpc) is 3.02. The third-order valence-electron chi connectivity index (χ3n) is 3.21. The lowest BCUT2D eigenvalue weighted by molar-refractivity contribution is 0.326. The molecular formula is C11H16N4. The Kier molecular flexibility index (Phi) is 2.29. The van der Waals surface area contributed by atoms with Crippen LogP contribution in [0.5, 0.6) is 0 Å². The van der Waals surface area contributed by atoms with E-state index in [1.165, 1.54) is 32.4 Å². The predicted molar refractivity (Wildman–Crippen MR) is 58.7 cm³/mol. The zero-order valence-electron chi connectivity index (χ0n) is 8.76. The molecule has 0 spiro atoms. The monoisotopic (exact) mass is 204 g/mol. The van der Waals surface area contributed by atoms with Crippen LogP contribution in [-0.4, -0.2) is 40.3 Å². The molecule has 1 aromatic heterocycles. The van der Waals surface area contributed by atoms with Crippen molar-refractivity contribution in [1.29, 1.82) is 0 Å². The molecule has 4 nitrogen and oxygen atoms in total.